The molecule has 0 unspecified atom stereocenters. The van der Waals surface area contributed by atoms with Gasteiger partial charge >= 0.3 is 0 Å². The SMILES string of the molecule is N#CCCCCNC(=O)CCCc1cccs1. The zero-order chi connectivity index (χ0) is 12.3. The molecule has 3 nitrogen and oxygen atoms in total. The summed E-state index contributed by atoms with van der Waals surface area (Å²) in [6, 6.07) is 6.23. The Hall–Kier alpha value is -1.34. The predicted octanol–water partition coefficient (Wildman–Crippen LogP) is 2.88. The summed E-state index contributed by atoms with van der Waals surface area (Å²) < 4.78 is 0. The van der Waals surface area contributed by atoms with Crippen molar-refractivity contribution in [1.29, 1.82) is 5.26 Å². The number of thiophene rings is 1. The molecule has 0 aliphatic rings. The van der Waals surface area contributed by atoms with Crippen LogP contribution >= 0.6 is 11.3 Å². The van der Waals surface area contributed by atoms with E-state index < -0.39 is 0 Å². The van der Waals surface area contributed by atoms with E-state index in [1.165, 1.54) is 4.88 Å². The Kier molecular flexibility index (Phi) is 7.08. The summed E-state index contributed by atoms with van der Waals surface area (Å²) in [5.41, 5.74) is 0. The van der Waals surface area contributed by atoms with Gasteiger partial charge in [-0.25, -0.2) is 0 Å². The van der Waals surface area contributed by atoms with Crippen LogP contribution in [0.3, 0.4) is 0 Å². The van der Waals surface area contributed by atoms with Gasteiger partial charge in [-0.05, 0) is 37.1 Å². The lowest BCUT2D eigenvalue weighted by molar-refractivity contribution is -0.121. The van der Waals surface area contributed by atoms with Crippen LogP contribution in [0, 0.1) is 11.3 Å². The summed E-state index contributed by atoms with van der Waals surface area (Å²) >= 11 is 1.74. The van der Waals surface area contributed by atoms with Crippen molar-refractivity contribution < 1.29 is 4.79 Å². The van der Waals surface area contributed by atoms with Crippen molar-refractivity contribution >= 4 is 17.2 Å². The number of hydrogen-bond donors (Lipinski definition) is 1. The minimum Gasteiger partial charge on any atom is -0.356 e. The van der Waals surface area contributed by atoms with Crippen LogP contribution in [0.4, 0.5) is 0 Å². The molecule has 0 atom stereocenters. The fourth-order valence-corrected chi connectivity index (χ4v) is 2.27. The largest absolute Gasteiger partial charge is 0.356 e. The van der Waals surface area contributed by atoms with Gasteiger partial charge in [0.15, 0.2) is 0 Å². The molecule has 0 aromatic carbocycles. The second kappa shape index (κ2) is 8.77. The number of carbonyl (C=O) groups excluding carboxylic acids is 1. The van der Waals surface area contributed by atoms with Crippen molar-refractivity contribution in [3.8, 4) is 6.07 Å². The number of nitrogens with zero attached hydrogens (tertiary/aromatic N) is 1. The molecule has 1 heterocycles. The summed E-state index contributed by atoms with van der Waals surface area (Å²) in [4.78, 5) is 12.8. The molecule has 0 saturated carbocycles. The first-order valence-corrected chi connectivity index (χ1v) is 6.87. The van der Waals surface area contributed by atoms with Gasteiger partial charge in [0.25, 0.3) is 0 Å². The third-order valence-corrected chi connectivity index (χ3v) is 3.38. The molecule has 1 N–H and O–H groups in total. The number of carbonyl (C=O) groups is 1. The summed E-state index contributed by atoms with van der Waals surface area (Å²) in [5, 5.41) is 13.3. The normalized spacial score (nSPS) is 9.82. The molecule has 0 fully saturated rings. The highest BCUT2D eigenvalue weighted by Gasteiger charge is 2.01. The van der Waals surface area contributed by atoms with E-state index in [0.29, 0.717) is 19.4 Å². The lowest BCUT2D eigenvalue weighted by Crippen LogP contribution is -2.24. The highest BCUT2D eigenvalue weighted by Crippen LogP contribution is 2.11. The Morgan fingerprint density at radius 3 is 3.00 bits per heavy atom. The van der Waals surface area contributed by atoms with Crippen LogP contribution in [0.2, 0.25) is 0 Å². The second-order valence-corrected chi connectivity index (χ2v) is 4.93. The molecular formula is C13H18N2OS. The van der Waals surface area contributed by atoms with Crippen molar-refractivity contribution in [1.82, 2.24) is 5.32 Å². The van der Waals surface area contributed by atoms with Gasteiger partial charge in [-0.3, -0.25) is 4.79 Å². The number of nitrogens with one attached hydrogen (secondary N) is 1. The molecule has 0 bridgehead atoms. The lowest BCUT2D eigenvalue weighted by Gasteiger charge is -2.03. The molecule has 1 aromatic rings. The van der Waals surface area contributed by atoms with E-state index in [1.807, 2.05) is 6.07 Å². The van der Waals surface area contributed by atoms with Gasteiger partial charge in [-0.1, -0.05) is 6.07 Å². The molecule has 1 amide bonds. The van der Waals surface area contributed by atoms with Gasteiger partial charge in [0.2, 0.25) is 5.91 Å². The number of hydrogen-bond acceptors (Lipinski definition) is 3. The van der Waals surface area contributed by atoms with Crippen molar-refractivity contribution in [3.63, 3.8) is 0 Å². The van der Waals surface area contributed by atoms with Crippen molar-refractivity contribution in [2.75, 3.05) is 6.54 Å². The van der Waals surface area contributed by atoms with Crippen LogP contribution in [-0.2, 0) is 11.2 Å². The van der Waals surface area contributed by atoms with Crippen LogP contribution in [0.25, 0.3) is 0 Å². The zero-order valence-corrected chi connectivity index (χ0v) is 10.8. The average Bonchev–Trinajstić information content (AvgIpc) is 2.82. The number of rotatable bonds is 8. The molecule has 0 aliphatic carbocycles. The second-order valence-electron chi connectivity index (χ2n) is 3.90. The van der Waals surface area contributed by atoms with E-state index in [1.54, 1.807) is 11.3 Å². The van der Waals surface area contributed by atoms with Crippen LogP contribution in [0.1, 0.15) is 37.0 Å². The first-order chi connectivity index (χ1) is 8.33. The first-order valence-electron chi connectivity index (χ1n) is 5.99. The highest BCUT2D eigenvalue weighted by atomic mass is 32.1. The number of amides is 1. The molecule has 0 saturated heterocycles. The molecule has 0 aliphatic heterocycles. The van der Waals surface area contributed by atoms with Gasteiger partial charge in [-0.2, -0.15) is 5.26 Å². The Labute approximate surface area is 106 Å². The summed E-state index contributed by atoms with van der Waals surface area (Å²) in [6.45, 7) is 0.694. The summed E-state index contributed by atoms with van der Waals surface area (Å²) in [5.74, 6) is 0.124. The fourth-order valence-electron chi connectivity index (χ4n) is 1.52. The number of nitriles is 1. The van der Waals surface area contributed by atoms with Gasteiger partial charge < -0.3 is 5.32 Å². The smallest absolute Gasteiger partial charge is 0.220 e. The average molecular weight is 250 g/mol. The molecule has 1 aromatic heterocycles. The maximum atomic E-state index is 11.4. The maximum absolute atomic E-state index is 11.4. The van der Waals surface area contributed by atoms with Crippen molar-refractivity contribution in [2.24, 2.45) is 0 Å². The van der Waals surface area contributed by atoms with Gasteiger partial charge in [-0.15, -0.1) is 11.3 Å². The molecular weight excluding hydrogens is 232 g/mol. The van der Waals surface area contributed by atoms with E-state index in [9.17, 15) is 4.79 Å². The Morgan fingerprint density at radius 1 is 1.41 bits per heavy atom. The lowest BCUT2D eigenvalue weighted by atomic mass is 10.2. The summed E-state index contributed by atoms with van der Waals surface area (Å²) in [7, 11) is 0. The van der Waals surface area contributed by atoms with Crippen LogP contribution in [0.5, 0.6) is 0 Å². The van der Waals surface area contributed by atoms with Gasteiger partial charge in [0.1, 0.15) is 0 Å². The monoisotopic (exact) mass is 250 g/mol. The minimum absolute atomic E-state index is 0.124. The maximum Gasteiger partial charge on any atom is 0.220 e. The number of unbranched alkanes of at least 4 members (excludes halogenated alkanes) is 2. The molecule has 4 heteroatoms. The highest BCUT2D eigenvalue weighted by molar-refractivity contribution is 7.09. The first kappa shape index (κ1) is 13.7. The molecule has 0 spiro atoms. The van der Waals surface area contributed by atoms with E-state index >= 15 is 0 Å². The summed E-state index contributed by atoms with van der Waals surface area (Å²) in [6.07, 6.45) is 4.82. The topological polar surface area (TPSA) is 52.9 Å². The Balaban J connectivity index is 1.96. The van der Waals surface area contributed by atoms with E-state index in [4.69, 9.17) is 5.26 Å². The predicted molar refractivity (Wildman–Crippen MR) is 69.7 cm³/mol. The Bertz CT molecular complexity index is 354. The zero-order valence-electron chi connectivity index (χ0n) is 9.95. The van der Waals surface area contributed by atoms with E-state index in [2.05, 4.69) is 22.8 Å². The van der Waals surface area contributed by atoms with Crippen LogP contribution in [0.15, 0.2) is 17.5 Å². The van der Waals surface area contributed by atoms with Gasteiger partial charge in [0.05, 0.1) is 6.07 Å². The number of aryl methyl sites for hydroxylation is 1. The Morgan fingerprint density at radius 2 is 2.29 bits per heavy atom. The van der Waals surface area contributed by atoms with E-state index in [0.717, 1.165) is 25.7 Å². The van der Waals surface area contributed by atoms with Gasteiger partial charge in [0, 0.05) is 24.3 Å². The van der Waals surface area contributed by atoms with Crippen LogP contribution in [-0.4, -0.2) is 12.5 Å². The van der Waals surface area contributed by atoms with Crippen molar-refractivity contribution in [2.45, 2.75) is 38.5 Å². The van der Waals surface area contributed by atoms with Crippen molar-refractivity contribution in [3.05, 3.63) is 22.4 Å². The fraction of sp³-hybridized carbons (Fsp3) is 0.538. The minimum atomic E-state index is 0.124. The molecule has 92 valence electrons. The third-order valence-electron chi connectivity index (χ3n) is 2.44. The quantitative estimate of drug-likeness (QED) is 0.721. The standard InChI is InChI=1S/C13H18N2OS/c14-9-2-1-3-10-15-13(16)8-4-6-12-7-5-11-17-12/h5,7,11H,1-4,6,8,10H2,(H,15,16). The molecule has 0 radical (unpaired) electrons. The van der Waals surface area contributed by atoms with E-state index in [-0.39, 0.29) is 5.91 Å². The molecule has 1 rings (SSSR count). The van der Waals surface area contributed by atoms with Crippen LogP contribution < -0.4 is 5.32 Å². The third kappa shape index (κ3) is 6.75. The molecule has 17 heavy (non-hydrogen) atoms.